The van der Waals surface area contributed by atoms with Crippen molar-refractivity contribution in [2.24, 2.45) is 0 Å². The van der Waals surface area contributed by atoms with Gasteiger partial charge in [0.2, 0.25) is 0 Å². The van der Waals surface area contributed by atoms with Crippen LogP contribution < -0.4 is 0 Å². The van der Waals surface area contributed by atoms with Crippen LogP contribution in [0.15, 0.2) is 0 Å². The van der Waals surface area contributed by atoms with Crippen LogP contribution in [0.4, 0.5) is 0 Å². The van der Waals surface area contributed by atoms with Gasteiger partial charge in [-0.15, -0.1) is 0 Å². The molecule has 2 fully saturated rings. The van der Waals surface area contributed by atoms with Crippen molar-refractivity contribution in [1.29, 1.82) is 0 Å². The summed E-state index contributed by atoms with van der Waals surface area (Å²) >= 11 is 0. The molecule has 0 saturated carbocycles. The van der Waals surface area contributed by atoms with Crippen LogP contribution in [-0.4, -0.2) is 30.8 Å². The minimum atomic E-state index is -3.50. The number of carbonyl (C=O) groups is 4. The van der Waals surface area contributed by atoms with Gasteiger partial charge in [0.1, 0.15) is 0 Å². The molecule has 0 amide bonds. The molecular formula is C12H16BO8-. The van der Waals surface area contributed by atoms with Gasteiger partial charge in [0.25, 0.3) is 23.9 Å². The molecule has 0 aromatic carbocycles. The molecule has 0 atom stereocenters. The summed E-state index contributed by atoms with van der Waals surface area (Å²) in [6, 6.07) is 0. The quantitative estimate of drug-likeness (QED) is 0.603. The van der Waals surface area contributed by atoms with E-state index in [0.29, 0.717) is 25.7 Å². The smallest absolute Gasteiger partial charge is 0.585 e. The van der Waals surface area contributed by atoms with Gasteiger partial charge in [-0.25, -0.2) is 0 Å². The van der Waals surface area contributed by atoms with Crippen LogP contribution in [0.3, 0.4) is 0 Å². The lowest BCUT2D eigenvalue weighted by atomic mass is 10.0. The summed E-state index contributed by atoms with van der Waals surface area (Å²) in [5.74, 6) is -2.98. The molecule has 0 aromatic heterocycles. The fraction of sp³-hybridized carbons (Fsp3) is 0.667. The highest BCUT2D eigenvalue weighted by molar-refractivity contribution is 6.61. The number of rotatable bonds is 0. The SMILES string of the molecule is O=C1CCCCC(=O)O[B-]2(O1)OC(=O)CCCCC(=O)O2. The van der Waals surface area contributed by atoms with Crippen molar-refractivity contribution >= 4 is 30.8 Å². The lowest BCUT2D eigenvalue weighted by molar-refractivity contribution is -0.162. The van der Waals surface area contributed by atoms with E-state index >= 15 is 0 Å². The van der Waals surface area contributed by atoms with E-state index in [1.807, 2.05) is 0 Å². The average molecular weight is 299 g/mol. The monoisotopic (exact) mass is 299 g/mol. The van der Waals surface area contributed by atoms with Crippen molar-refractivity contribution in [3.8, 4) is 0 Å². The van der Waals surface area contributed by atoms with E-state index in [9.17, 15) is 19.2 Å². The van der Waals surface area contributed by atoms with Crippen LogP contribution >= 0.6 is 0 Å². The third kappa shape index (κ3) is 4.47. The van der Waals surface area contributed by atoms with E-state index in [4.69, 9.17) is 18.6 Å². The van der Waals surface area contributed by atoms with Crippen molar-refractivity contribution in [3.05, 3.63) is 0 Å². The van der Waals surface area contributed by atoms with E-state index in [2.05, 4.69) is 0 Å². The second-order valence-electron chi connectivity index (χ2n) is 4.95. The van der Waals surface area contributed by atoms with E-state index in [0.717, 1.165) is 0 Å². The molecule has 116 valence electrons. The van der Waals surface area contributed by atoms with Gasteiger partial charge in [0, 0.05) is 25.7 Å². The Morgan fingerprint density at radius 1 is 0.524 bits per heavy atom. The molecule has 0 aromatic rings. The zero-order valence-corrected chi connectivity index (χ0v) is 11.5. The molecule has 2 saturated heterocycles. The maximum Gasteiger partial charge on any atom is 0.784 e. The number of carbonyl (C=O) groups excluding carboxylic acids is 4. The Bertz CT molecular complexity index is 375. The first kappa shape index (κ1) is 15.3. The van der Waals surface area contributed by atoms with Gasteiger partial charge in [-0.05, 0) is 25.7 Å². The molecule has 0 aliphatic carbocycles. The molecule has 2 rings (SSSR count). The third-order valence-electron chi connectivity index (χ3n) is 3.13. The van der Waals surface area contributed by atoms with Crippen LogP contribution in [-0.2, 0) is 37.8 Å². The highest BCUT2D eigenvalue weighted by Gasteiger charge is 2.48. The first-order valence-electron chi connectivity index (χ1n) is 6.99. The summed E-state index contributed by atoms with van der Waals surface area (Å²) in [4.78, 5) is 46.7. The largest absolute Gasteiger partial charge is 0.784 e. The first-order valence-corrected chi connectivity index (χ1v) is 6.99. The maximum atomic E-state index is 11.7. The Morgan fingerprint density at radius 2 is 0.762 bits per heavy atom. The average Bonchev–Trinajstić information content (AvgIpc) is 2.48. The Kier molecular flexibility index (Phi) is 4.82. The third-order valence-corrected chi connectivity index (χ3v) is 3.13. The van der Waals surface area contributed by atoms with E-state index < -0.39 is 30.8 Å². The van der Waals surface area contributed by atoms with E-state index in [-0.39, 0.29) is 25.7 Å². The summed E-state index contributed by atoms with van der Waals surface area (Å²) in [5, 5.41) is 0. The molecule has 0 radical (unpaired) electrons. The van der Waals surface area contributed by atoms with Crippen molar-refractivity contribution in [3.63, 3.8) is 0 Å². The normalized spacial score (nSPS) is 24.0. The predicted octanol–water partition coefficient (Wildman–Crippen LogP) is 0.743. The Hall–Kier alpha value is -2.06. The molecule has 0 bridgehead atoms. The number of hydrogen-bond acceptors (Lipinski definition) is 8. The lowest BCUT2D eigenvalue weighted by Crippen LogP contribution is -2.53. The standard InChI is InChI=1S/C12H16BO8/c14-9-5-1-2-6-10(15)19-13(18-9)20-11(16)7-3-4-8-12(17)21-13/h1-8H2/q-1. The minimum Gasteiger partial charge on any atom is -0.585 e. The van der Waals surface area contributed by atoms with Gasteiger partial charge in [0.15, 0.2) is 0 Å². The highest BCUT2D eigenvalue weighted by atomic mass is 16.9. The summed E-state index contributed by atoms with van der Waals surface area (Å²) in [6.07, 6.45) is 1.82. The van der Waals surface area contributed by atoms with Crippen molar-refractivity contribution in [1.82, 2.24) is 0 Å². The zero-order chi connectivity index (χ0) is 15.3. The molecule has 21 heavy (non-hydrogen) atoms. The highest BCUT2D eigenvalue weighted by Crippen LogP contribution is 2.22. The summed E-state index contributed by atoms with van der Waals surface area (Å²) in [5.41, 5.74) is 0. The van der Waals surface area contributed by atoms with Gasteiger partial charge in [-0.3, -0.25) is 19.2 Å². The Morgan fingerprint density at radius 3 is 1.00 bits per heavy atom. The molecule has 2 aliphatic heterocycles. The van der Waals surface area contributed by atoms with Gasteiger partial charge >= 0.3 is 6.96 Å². The topological polar surface area (TPSA) is 105 Å². The van der Waals surface area contributed by atoms with Crippen molar-refractivity contribution in [2.75, 3.05) is 0 Å². The molecule has 8 nitrogen and oxygen atoms in total. The van der Waals surface area contributed by atoms with Crippen LogP contribution in [0, 0.1) is 0 Å². The maximum absolute atomic E-state index is 11.7. The zero-order valence-electron chi connectivity index (χ0n) is 11.5. The molecule has 0 N–H and O–H groups in total. The Labute approximate surface area is 121 Å². The Balaban J connectivity index is 2.27. The first-order chi connectivity index (χ1) is 9.99. The van der Waals surface area contributed by atoms with Crippen LogP contribution in [0.25, 0.3) is 0 Å². The van der Waals surface area contributed by atoms with E-state index in [1.165, 1.54) is 0 Å². The van der Waals surface area contributed by atoms with Crippen LogP contribution in [0.2, 0.25) is 0 Å². The summed E-state index contributed by atoms with van der Waals surface area (Å²) in [6.45, 7) is -3.50. The fourth-order valence-corrected chi connectivity index (χ4v) is 2.10. The second kappa shape index (κ2) is 6.60. The van der Waals surface area contributed by atoms with Gasteiger partial charge in [0.05, 0.1) is 0 Å². The summed E-state index contributed by atoms with van der Waals surface area (Å²) in [7, 11) is 0. The molecule has 1 spiro atoms. The van der Waals surface area contributed by atoms with Crippen LogP contribution in [0.1, 0.15) is 51.4 Å². The molecular weight excluding hydrogens is 283 g/mol. The summed E-state index contributed by atoms with van der Waals surface area (Å²) < 4.78 is 19.6. The molecule has 9 heteroatoms. The fourth-order valence-electron chi connectivity index (χ4n) is 2.10. The van der Waals surface area contributed by atoms with Crippen molar-refractivity contribution in [2.45, 2.75) is 51.4 Å². The molecule has 2 heterocycles. The lowest BCUT2D eigenvalue weighted by Gasteiger charge is -2.37. The van der Waals surface area contributed by atoms with E-state index in [1.54, 1.807) is 0 Å². The van der Waals surface area contributed by atoms with Gasteiger partial charge in [-0.2, -0.15) is 0 Å². The van der Waals surface area contributed by atoms with Crippen molar-refractivity contribution < 1.29 is 37.8 Å². The predicted molar refractivity (Wildman–Crippen MR) is 67.1 cm³/mol. The second-order valence-corrected chi connectivity index (χ2v) is 4.95. The van der Waals surface area contributed by atoms with Gasteiger partial charge < -0.3 is 18.6 Å². The molecule has 2 aliphatic rings. The minimum absolute atomic E-state index is 0.0231. The number of hydrogen-bond donors (Lipinski definition) is 0. The molecule has 0 unspecified atom stereocenters. The van der Waals surface area contributed by atoms with Crippen LogP contribution in [0.5, 0.6) is 0 Å². The van der Waals surface area contributed by atoms with Gasteiger partial charge in [-0.1, -0.05) is 0 Å².